The normalized spacial score (nSPS) is 9.67. The molecule has 0 unspecified atom stereocenters. The number of carbonyl (C=O) groups excluding carboxylic acids is 1. The summed E-state index contributed by atoms with van der Waals surface area (Å²) in [5.74, 6) is -0.224. The topological polar surface area (TPSA) is 53.3 Å². The highest BCUT2D eigenvalue weighted by Crippen LogP contribution is 2.23. The first-order valence-corrected chi connectivity index (χ1v) is 6.44. The molecule has 18 heavy (non-hydrogen) atoms. The van der Waals surface area contributed by atoms with E-state index < -0.39 is 0 Å². The Morgan fingerprint density at radius 1 is 1.56 bits per heavy atom. The highest BCUT2D eigenvalue weighted by molar-refractivity contribution is 9.10. The third-order valence-electron chi connectivity index (χ3n) is 2.45. The lowest BCUT2D eigenvalue weighted by Crippen LogP contribution is -2.22. The average molecular weight is 311 g/mol. The minimum Gasteiger partial charge on any atom is -0.466 e. The van der Waals surface area contributed by atoms with Crippen LogP contribution in [0.25, 0.3) is 0 Å². The van der Waals surface area contributed by atoms with Crippen LogP contribution in [-0.4, -0.2) is 26.2 Å². The molecule has 0 heterocycles. The van der Waals surface area contributed by atoms with E-state index in [1.54, 1.807) is 13.0 Å². The predicted molar refractivity (Wildman–Crippen MR) is 73.4 cm³/mol. The Labute approximate surface area is 115 Å². The molecule has 0 aliphatic heterocycles. The molecule has 0 N–H and O–H groups in total. The molecule has 0 fully saturated rings. The first-order valence-electron chi connectivity index (χ1n) is 5.65. The van der Waals surface area contributed by atoms with Crippen molar-refractivity contribution in [2.45, 2.75) is 13.3 Å². The van der Waals surface area contributed by atoms with Gasteiger partial charge in [0, 0.05) is 18.1 Å². The fourth-order valence-corrected chi connectivity index (χ4v) is 1.88. The van der Waals surface area contributed by atoms with Gasteiger partial charge in [-0.15, -0.1) is 0 Å². The third-order valence-corrected chi connectivity index (χ3v) is 2.94. The minimum atomic E-state index is -0.224. The van der Waals surface area contributed by atoms with Crippen LogP contribution in [0.15, 0.2) is 22.7 Å². The number of ether oxygens (including phenoxy) is 1. The Morgan fingerprint density at radius 2 is 2.28 bits per heavy atom. The van der Waals surface area contributed by atoms with E-state index in [1.807, 2.05) is 24.1 Å². The van der Waals surface area contributed by atoms with Crippen LogP contribution in [0.3, 0.4) is 0 Å². The summed E-state index contributed by atoms with van der Waals surface area (Å²) in [5, 5.41) is 9.04. The molecule has 0 amide bonds. The van der Waals surface area contributed by atoms with Gasteiger partial charge in [-0.3, -0.25) is 4.79 Å². The van der Waals surface area contributed by atoms with Crippen molar-refractivity contribution >= 4 is 27.6 Å². The zero-order valence-electron chi connectivity index (χ0n) is 10.4. The van der Waals surface area contributed by atoms with Gasteiger partial charge in [-0.1, -0.05) is 15.9 Å². The number of nitriles is 1. The number of carbonyl (C=O) groups is 1. The van der Waals surface area contributed by atoms with Crippen LogP contribution < -0.4 is 4.90 Å². The first kappa shape index (κ1) is 14.5. The molecular formula is C13H15BrN2O2. The first-order chi connectivity index (χ1) is 8.58. The summed E-state index contributed by atoms with van der Waals surface area (Å²) in [6.45, 7) is 2.69. The maximum atomic E-state index is 11.3. The largest absolute Gasteiger partial charge is 0.466 e. The molecule has 1 aromatic rings. The van der Waals surface area contributed by atoms with Gasteiger partial charge in [0.1, 0.15) is 6.07 Å². The van der Waals surface area contributed by atoms with Gasteiger partial charge in [-0.25, -0.2) is 0 Å². The Balaban J connectivity index is 2.72. The Morgan fingerprint density at radius 3 is 2.89 bits per heavy atom. The lowest BCUT2D eigenvalue weighted by atomic mass is 10.2. The Hall–Kier alpha value is -1.54. The number of anilines is 1. The van der Waals surface area contributed by atoms with Gasteiger partial charge in [-0.2, -0.15) is 5.26 Å². The van der Waals surface area contributed by atoms with Crippen LogP contribution in [0.1, 0.15) is 18.9 Å². The zero-order chi connectivity index (χ0) is 13.5. The summed E-state index contributed by atoms with van der Waals surface area (Å²) in [5.41, 5.74) is 1.39. The Kier molecular flexibility index (Phi) is 5.66. The van der Waals surface area contributed by atoms with E-state index in [1.165, 1.54) is 0 Å². The number of halogens is 1. The van der Waals surface area contributed by atoms with Gasteiger partial charge in [0.05, 0.1) is 24.3 Å². The van der Waals surface area contributed by atoms with Crippen molar-refractivity contribution in [3.05, 3.63) is 28.2 Å². The molecule has 0 aliphatic carbocycles. The number of hydrogen-bond donors (Lipinski definition) is 0. The summed E-state index contributed by atoms with van der Waals surface area (Å²) < 4.78 is 5.77. The SMILES string of the molecule is CCOC(=O)CCN(C)c1cc(Br)ccc1C#N. The summed E-state index contributed by atoms with van der Waals surface area (Å²) >= 11 is 3.37. The zero-order valence-corrected chi connectivity index (χ0v) is 12.0. The van der Waals surface area contributed by atoms with Gasteiger partial charge >= 0.3 is 5.97 Å². The maximum Gasteiger partial charge on any atom is 0.307 e. The second-order valence-electron chi connectivity index (χ2n) is 3.75. The molecule has 1 aromatic carbocycles. The molecule has 0 aliphatic rings. The van der Waals surface area contributed by atoms with Crippen LogP contribution in [0.4, 0.5) is 5.69 Å². The quantitative estimate of drug-likeness (QED) is 0.785. The van der Waals surface area contributed by atoms with E-state index in [0.717, 1.165) is 10.2 Å². The smallest absolute Gasteiger partial charge is 0.307 e. The maximum absolute atomic E-state index is 11.3. The van der Waals surface area contributed by atoms with E-state index >= 15 is 0 Å². The van der Waals surface area contributed by atoms with Crippen LogP contribution in [0, 0.1) is 11.3 Å². The van der Waals surface area contributed by atoms with E-state index in [2.05, 4.69) is 22.0 Å². The second kappa shape index (κ2) is 7.02. The number of hydrogen-bond acceptors (Lipinski definition) is 4. The average Bonchev–Trinajstić information content (AvgIpc) is 2.36. The van der Waals surface area contributed by atoms with Crippen molar-refractivity contribution in [2.75, 3.05) is 25.1 Å². The van der Waals surface area contributed by atoms with Gasteiger partial charge in [0.2, 0.25) is 0 Å². The molecule has 0 saturated carbocycles. The summed E-state index contributed by atoms with van der Waals surface area (Å²) in [6.07, 6.45) is 0.307. The molecule has 5 heteroatoms. The van der Waals surface area contributed by atoms with Crippen LogP contribution in [0.5, 0.6) is 0 Å². The van der Waals surface area contributed by atoms with Crippen molar-refractivity contribution in [1.29, 1.82) is 5.26 Å². The van der Waals surface area contributed by atoms with Gasteiger partial charge in [0.15, 0.2) is 0 Å². The van der Waals surface area contributed by atoms with Gasteiger partial charge < -0.3 is 9.64 Å². The fraction of sp³-hybridized carbons (Fsp3) is 0.385. The van der Waals surface area contributed by atoms with E-state index in [0.29, 0.717) is 25.1 Å². The van der Waals surface area contributed by atoms with Crippen LogP contribution >= 0.6 is 15.9 Å². The lowest BCUT2D eigenvalue weighted by molar-refractivity contribution is -0.142. The standard InChI is InChI=1S/C13H15BrN2O2/c1-3-18-13(17)6-7-16(2)12-8-11(14)5-4-10(12)9-15/h4-5,8H,3,6-7H2,1-2H3. The summed E-state index contributed by atoms with van der Waals surface area (Å²) in [4.78, 5) is 13.2. The monoisotopic (exact) mass is 310 g/mol. The number of nitrogens with zero attached hydrogens (tertiary/aromatic N) is 2. The van der Waals surface area contributed by atoms with E-state index in [4.69, 9.17) is 10.00 Å². The number of esters is 1. The molecule has 0 bridgehead atoms. The molecule has 0 atom stereocenters. The Bertz CT molecular complexity index is 469. The summed E-state index contributed by atoms with van der Waals surface area (Å²) in [6, 6.07) is 7.57. The number of rotatable bonds is 5. The molecule has 0 aromatic heterocycles. The van der Waals surface area contributed by atoms with Crippen molar-refractivity contribution in [1.82, 2.24) is 0 Å². The second-order valence-corrected chi connectivity index (χ2v) is 4.67. The minimum absolute atomic E-state index is 0.224. The molecule has 0 saturated heterocycles. The predicted octanol–water partition coefficient (Wildman–Crippen LogP) is 2.71. The fourth-order valence-electron chi connectivity index (χ4n) is 1.53. The molecular weight excluding hydrogens is 296 g/mol. The molecule has 4 nitrogen and oxygen atoms in total. The molecule has 96 valence electrons. The highest BCUT2D eigenvalue weighted by Gasteiger charge is 2.10. The number of benzene rings is 1. The van der Waals surface area contributed by atoms with Crippen molar-refractivity contribution in [2.24, 2.45) is 0 Å². The van der Waals surface area contributed by atoms with E-state index in [-0.39, 0.29) is 5.97 Å². The molecule has 0 radical (unpaired) electrons. The lowest BCUT2D eigenvalue weighted by Gasteiger charge is -2.20. The van der Waals surface area contributed by atoms with E-state index in [9.17, 15) is 4.79 Å². The highest BCUT2D eigenvalue weighted by atomic mass is 79.9. The van der Waals surface area contributed by atoms with Gasteiger partial charge in [-0.05, 0) is 25.1 Å². The van der Waals surface area contributed by atoms with Crippen molar-refractivity contribution in [3.8, 4) is 6.07 Å². The third kappa shape index (κ3) is 4.04. The van der Waals surface area contributed by atoms with Crippen LogP contribution in [0.2, 0.25) is 0 Å². The van der Waals surface area contributed by atoms with Crippen LogP contribution in [-0.2, 0) is 9.53 Å². The van der Waals surface area contributed by atoms with Gasteiger partial charge in [0.25, 0.3) is 0 Å². The molecule has 1 rings (SSSR count). The van der Waals surface area contributed by atoms with Crippen molar-refractivity contribution < 1.29 is 9.53 Å². The molecule has 0 spiro atoms. The summed E-state index contributed by atoms with van der Waals surface area (Å²) in [7, 11) is 1.85. The van der Waals surface area contributed by atoms with Crippen molar-refractivity contribution in [3.63, 3.8) is 0 Å².